The summed E-state index contributed by atoms with van der Waals surface area (Å²) in [5.74, 6) is 1.18. The molecule has 1 aliphatic rings. The van der Waals surface area contributed by atoms with Crippen LogP contribution >= 0.6 is 0 Å². The number of rotatable bonds is 5. The van der Waals surface area contributed by atoms with E-state index in [0.717, 1.165) is 32.5 Å². The SMILES string of the molecule is C#Cc1cccc(NC(=O)C(=O)N[C@H]2CCCN(CCOC)C2)c1. The highest BCUT2D eigenvalue weighted by atomic mass is 16.5. The molecule has 0 saturated carbocycles. The molecule has 2 N–H and O–H groups in total. The molecule has 0 aromatic heterocycles. The van der Waals surface area contributed by atoms with E-state index in [2.05, 4.69) is 21.5 Å². The average Bonchev–Trinajstić information content (AvgIpc) is 2.60. The molecular weight excluding hydrogens is 306 g/mol. The molecule has 6 nitrogen and oxygen atoms in total. The molecule has 6 heteroatoms. The summed E-state index contributed by atoms with van der Waals surface area (Å²) in [7, 11) is 1.67. The van der Waals surface area contributed by atoms with Crippen molar-refractivity contribution >= 4 is 17.5 Å². The third-order valence-electron chi connectivity index (χ3n) is 3.95. The van der Waals surface area contributed by atoms with Crippen LogP contribution in [0.25, 0.3) is 0 Å². The Balaban J connectivity index is 1.84. The Bertz CT molecular complexity index is 624. The van der Waals surface area contributed by atoms with Crippen LogP contribution in [-0.4, -0.2) is 56.1 Å². The lowest BCUT2D eigenvalue weighted by atomic mass is 10.1. The second-order valence-electron chi connectivity index (χ2n) is 5.79. The molecule has 1 aromatic carbocycles. The lowest BCUT2D eigenvalue weighted by molar-refractivity contribution is -0.136. The Morgan fingerprint density at radius 1 is 1.42 bits per heavy atom. The molecule has 0 bridgehead atoms. The number of terminal acetylenes is 1. The highest BCUT2D eigenvalue weighted by Gasteiger charge is 2.23. The fourth-order valence-corrected chi connectivity index (χ4v) is 2.72. The van der Waals surface area contributed by atoms with Crippen molar-refractivity contribution in [3.05, 3.63) is 29.8 Å². The second-order valence-corrected chi connectivity index (χ2v) is 5.79. The Kier molecular flexibility index (Phi) is 6.79. The first-order chi connectivity index (χ1) is 11.6. The highest BCUT2D eigenvalue weighted by Crippen LogP contribution is 2.11. The van der Waals surface area contributed by atoms with E-state index in [0.29, 0.717) is 17.9 Å². The minimum absolute atomic E-state index is 0.0223. The molecule has 2 amide bonds. The number of carbonyl (C=O) groups is 2. The summed E-state index contributed by atoms with van der Waals surface area (Å²) in [4.78, 5) is 26.3. The van der Waals surface area contributed by atoms with Gasteiger partial charge in [-0.15, -0.1) is 6.42 Å². The first-order valence-corrected chi connectivity index (χ1v) is 8.02. The van der Waals surface area contributed by atoms with E-state index in [1.165, 1.54) is 0 Å². The maximum absolute atomic E-state index is 12.1. The van der Waals surface area contributed by atoms with Crippen LogP contribution in [0.1, 0.15) is 18.4 Å². The monoisotopic (exact) mass is 329 g/mol. The first-order valence-electron chi connectivity index (χ1n) is 8.02. The summed E-state index contributed by atoms with van der Waals surface area (Å²) >= 11 is 0. The van der Waals surface area contributed by atoms with Gasteiger partial charge in [-0.3, -0.25) is 14.5 Å². The lowest BCUT2D eigenvalue weighted by Crippen LogP contribution is -2.50. The van der Waals surface area contributed by atoms with Crippen molar-refractivity contribution in [2.45, 2.75) is 18.9 Å². The molecule has 128 valence electrons. The van der Waals surface area contributed by atoms with Gasteiger partial charge in [-0.25, -0.2) is 0 Å². The van der Waals surface area contributed by atoms with Gasteiger partial charge in [0.2, 0.25) is 0 Å². The van der Waals surface area contributed by atoms with Crippen molar-refractivity contribution in [2.24, 2.45) is 0 Å². The Hall–Kier alpha value is -2.36. The molecule has 1 fully saturated rings. The summed E-state index contributed by atoms with van der Waals surface area (Å²) in [6.07, 6.45) is 7.18. The topological polar surface area (TPSA) is 70.7 Å². The predicted molar refractivity (Wildman–Crippen MR) is 92.5 cm³/mol. The van der Waals surface area contributed by atoms with Crippen LogP contribution in [0.3, 0.4) is 0 Å². The number of carbonyl (C=O) groups excluding carboxylic acids is 2. The van der Waals surface area contributed by atoms with Crippen molar-refractivity contribution in [1.82, 2.24) is 10.2 Å². The van der Waals surface area contributed by atoms with Crippen LogP contribution in [0.4, 0.5) is 5.69 Å². The van der Waals surface area contributed by atoms with Crippen molar-refractivity contribution < 1.29 is 14.3 Å². The maximum Gasteiger partial charge on any atom is 0.313 e. The summed E-state index contributed by atoms with van der Waals surface area (Å²) in [5.41, 5.74) is 1.16. The Morgan fingerprint density at radius 3 is 3.00 bits per heavy atom. The third kappa shape index (κ3) is 5.37. The van der Waals surface area contributed by atoms with Crippen LogP contribution < -0.4 is 10.6 Å². The molecule has 0 aliphatic carbocycles. The Morgan fingerprint density at radius 2 is 2.25 bits per heavy atom. The zero-order chi connectivity index (χ0) is 17.4. The molecule has 1 atom stereocenters. The van der Waals surface area contributed by atoms with E-state index in [1.807, 2.05) is 0 Å². The smallest absolute Gasteiger partial charge is 0.313 e. The van der Waals surface area contributed by atoms with Gasteiger partial charge in [0.25, 0.3) is 0 Å². The van der Waals surface area contributed by atoms with Gasteiger partial charge in [0, 0.05) is 37.5 Å². The number of likely N-dealkylation sites (tertiary alicyclic amines) is 1. The lowest BCUT2D eigenvalue weighted by Gasteiger charge is -2.32. The average molecular weight is 329 g/mol. The number of benzene rings is 1. The van der Waals surface area contributed by atoms with Crippen molar-refractivity contribution in [3.8, 4) is 12.3 Å². The van der Waals surface area contributed by atoms with E-state index in [9.17, 15) is 9.59 Å². The van der Waals surface area contributed by atoms with Gasteiger partial charge in [0.15, 0.2) is 0 Å². The van der Waals surface area contributed by atoms with Gasteiger partial charge in [-0.1, -0.05) is 12.0 Å². The molecule has 0 radical (unpaired) electrons. The van der Waals surface area contributed by atoms with Crippen LogP contribution in [0.15, 0.2) is 24.3 Å². The summed E-state index contributed by atoms with van der Waals surface area (Å²) < 4.78 is 5.08. The number of methoxy groups -OCH3 is 1. The van der Waals surface area contributed by atoms with Gasteiger partial charge in [-0.05, 0) is 37.6 Å². The number of hydrogen-bond donors (Lipinski definition) is 2. The second kappa shape index (κ2) is 9.06. The van der Waals surface area contributed by atoms with Crippen LogP contribution in [0.2, 0.25) is 0 Å². The molecule has 1 aliphatic heterocycles. The molecular formula is C18H23N3O3. The molecule has 24 heavy (non-hydrogen) atoms. The Labute approximate surface area is 142 Å². The minimum atomic E-state index is -0.682. The summed E-state index contributed by atoms with van der Waals surface area (Å²) in [6.45, 7) is 3.20. The van der Waals surface area contributed by atoms with E-state index < -0.39 is 11.8 Å². The molecule has 0 unspecified atom stereocenters. The number of nitrogens with one attached hydrogen (secondary N) is 2. The molecule has 0 spiro atoms. The standard InChI is InChI=1S/C18H23N3O3/c1-3-14-6-4-7-15(12-14)19-17(22)18(23)20-16-8-5-9-21(13-16)10-11-24-2/h1,4,6-7,12,16H,5,8-11,13H2,2H3,(H,19,22)(H,20,23)/t16-/m0/s1. The van der Waals surface area contributed by atoms with Crippen molar-refractivity contribution in [1.29, 1.82) is 0 Å². The number of piperidine rings is 1. The van der Waals surface area contributed by atoms with E-state index in [1.54, 1.807) is 31.4 Å². The zero-order valence-electron chi connectivity index (χ0n) is 13.9. The zero-order valence-corrected chi connectivity index (χ0v) is 13.9. The quantitative estimate of drug-likeness (QED) is 0.620. The van der Waals surface area contributed by atoms with E-state index in [-0.39, 0.29) is 6.04 Å². The van der Waals surface area contributed by atoms with Gasteiger partial charge >= 0.3 is 11.8 Å². The normalized spacial score (nSPS) is 17.8. The van der Waals surface area contributed by atoms with Crippen LogP contribution in [0.5, 0.6) is 0 Å². The molecule has 1 heterocycles. The van der Waals surface area contributed by atoms with Gasteiger partial charge in [0.1, 0.15) is 0 Å². The maximum atomic E-state index is 12.1. The van der Waals surface area contributed by atoms with Crippen LogP contribution in [0, 0.1) is 12.3 Å². The molecule has 1 aromatic rings. The van der Waals surface area contributed by atoms with Crippen molar-refractivity contribution in [3.63, 3.8) is 0 Å². The fraction of sp³-hybridized carbons (Fsp3) is 0.444. The fourth-order valence-electron chi connectivity index (χ4n) is 2.72. The molecule has 1 saturated heterocycles. The van der Waals surface area contributed by atoms with Crippen LogP contribution in [-0.2, 0) is 14.3 Å². The highest BCUT2D eigenvalue weighted by molar-refractivity contribution is 6.39. The molecule has 2 rings (SSSR count). The number of ether oxygens (including phenoxy) is 1. The van der Waals surface area contributed by atoms with Crippen molar-refractivity contribution in [2.75, 3.05) is 38.7 Å². The van der Waals surface area contributed by atoms with Gasteiger partial charge < -0.3 is 15.4 Å². The van der Waals surface area contributed by atoms with E-state index >= 15 is 0 Å². The number of amides is 2. The first kappa shape index (κ1) is 18.0. The number of hydrogen-bond acceptors (Lipinski definition) is 4. The number of anilines is 1. The largest absolute Gasteiger partial charge is 0.383 e. The summed E-state index contributed by atoms with van der Waals surface area (Å²) in [5, 5.41) is 5.37. The van der Waals surface area contributed by atoms with Gasteiger partial charge in [0.05, 0.1) is 6.61 Å². The predicted octanol–water partition coefficient (Wildman–Crippen LogP) is 0.833. The summed E-state index contributed by atoms with van der Waals surface area (Å²) in [6, 6.07) is 6.81. The van der Waals surface area contributed by atoms with E-state index in [4.69, 9.17) is 11.2 Å². The minimum Gasteiger partial charge on any atom is -0.383 e. The number of nitrogens with zero attached hydrogens (tertiary/aromatic N) is 1. The third-order valence-corrected chi connectivity index (χ3v) is 3.95. The van der Waals surface area contributed by atoms with Gasteiger partial charge in [-0.2, -0.15) is 0 Å².